The second-order valence-corrected chi connectivity index (χ2v) is 7.46. The fourth-order valence-corrected chi connectivity index (χ4v) is 4.04. The Morgan fingerprint density at radius 1 is 1.19 bits per heavy atom. The van der Waals surface area contributed by atoms with Gasteiger partial charge in [-0.25, -0.2) is 15.0 Å². The van der Waals surface area contributed by atoms with Gasteiger partial charge in [0.05, 0.1) is 11.6 Å². The third-order valence-corrected chi connectivity index (χ3v) is 5.23. The Bertz CT molecular complexity index is 861. The molecule has 0 aliphatic carbocycles. The highest BCUT2D eigenvalue weighted by Gasteiger charge is 2.30. The quantitative estimate of drug-likeness (QED) is 0.740. The minimum Gasteiger partial charge on any atom is -0.307 e. The lowest BCUT2D eigenvalue weighted by molar-refractivity contribution is 0.246. The van der Waals surface area contributed by atoms with E-state index in [1.54, 1.807) is 23.7 Å². The van der Waals surface area contributed by atoms with Crippen LogP contribution < -0.4 is 5.32 Å². The molecule has 134 valence electrons. The Hall–Kier alpha value is -2.45. The first kappa shape index (κ1) is 17.0. The Labute approximate surface area is 156 Å². The highest BCUT2D eigenvalue weighted by Crippen LogP contribution is 2.35. The van der Waals surface area contributed by atoms with Crippen LogP contribution in [0.25, 0.3) is 0 Å². The van der Waals surface area contributed by atoms with Gasteiger partial charge in [-0.3, -0.25) is 14.9 Å². The van der Waals surface area contributed by atoms with Gasteiger partial charge in [-0.15, -0.1) is 11.3 Å². The lowest BCUT2D eigenvalue weighted by Crippen LogP contribution is -2.24. The van der Waals surface area contributed by atoms with Gasteiger partial charge in [0.2, 0.25) is 5.95 Å². The van der Waals surface area contributed by atoms with Gasteiger partial charge in [0.25, 0.3) is 0 Å². The van der Waals surface area contributed by atoms with Gasteiger partial charge in [-0.1, -0.05) is 0 Å². The molecule has 4 heterocycles. The summed E-state index contributed by atoms with van der Waals surface area (Å²) in [6.07, 6.45) is 7.63. The fourth-order valence-electron chi connectivity index (χ4n) is 3.42. The molecular formula is C18H21N7S. The van der Waals surface area contributed by atoms with Crippen LogP contribution in [0.3, 0.4) is 0 Å². The molecule has 0 bridgehead atoms. The molecule has 0 spiro atoms. The number of anilines is 2. The maximum atomic E-state index is 4.65. The van der Waals surface area contributed by atoms with Crippen LogP contribution in [0, 0.1) is 13.8 Å². The van der Waals surface area contributed by atoms with Gasteiger partial charge in [-0.05, 0) is 39.3 Å². The summed E-state index contributed by atoms with van der Waals surface area (Å²) in [5.41, 5.74) is 4.70. The zero-order chi connectivity index (χ0) is 17.9. The zero-order valence-corrected chi connectivity index (χ0v) is 15.7. The van der Waals surface area contributed by atoms with E-state index in [0.717, 1.165) is 48.8 Å². The molecule has 0 amide bonds. The smallest absolute Gasteiger partial charge is 0.228 e. The number of hydrogen-bond donors (Lipinski definition) is 1. The molecule has 8 heteroatoms. The van der Waals surface area contributed by atoms with Gasteiger partial charge in [-0.2, -0.15) is 0 Å². The van der Waals surface area contributed by atoms with Crippen molar-refractivity contribution in [2.75, 3.05) is 11.9 Å². The lowest BCUT2D eigenvalue weighted by Gasteiger charge is -2.24. The van der Waals surface area contributed by atoms with Crippen LogP contribution in [-0.2, 0) is 6.54 Å². The van der Waals surface area contributed by atoms with E-state index < -0.39 is 0 Å². The molecule has 1 aliphatic heterocycles. The number of hydrogen-bond acceptors (Lipinski definition) is 8. The highest BCUT2D eigenvalue weighted by molar-refractivity contribution is 7.09. The first-order valence-corrected chi connectivity index (χ1v) is 9.58. The van der Waals surface area contributed by atoms with E-state index in [4.69, 9.17) is 0 Å². The number of rotatable bonds is 5. The zero-order valence-electron chi connectivity index (χ0n) is 14.9. The summed E-state index contributed by atoms with van der Waals surface area (Å²) < 4.78 is 0. The van der Waals surface area contributed by atoms with Crippen LogP contribution in [-0.4, -0.2) is 36.4 Å². The van der Waals surface area contributed by atoms with Crippen LogP contribution in [0.5, 0.6) is 0 Å². The topological polar surface area (TPSA) is 79.7 Å². The Morgan fingerprint density at radius 2 is 2.00 bits per heavy atom. The summed E-state index contributed by atoms with van der Waals surface area (Å²) in [5, 5.41) is 3.28. The number of likely N-dealkylation sites (tertiary alicyclic amines) is 1. The molecule has 1 saturated heterocycles. The summed E-state index contributed by atoms with van der Waals surface area (Å²) >= 11 is 1.69. The van der Waals surface area contributed by atoms with Crippen molar-refractivity contribution >= 4 is 23.1 Å². The van der Waals surface area contributed by atoms with E-state index in [1.807, 2.05) is 31.6 Å². The molecule has 7 nitrogen and oxygen atoms in total. The molecule has 1 fully saturated rings. The van der Waals surface area contributed by atoms with Gasteiger partial charge >= 0.3 is 0 Å². The fraction of sp³-hybridized carbons (Fsp3) is 0.389. The number of nitrogens with one attached hydrogen (secondary N) is 1. The third-order valence-electron chi connectivity index (χ3n) is 4.46. The van der Waals surface area contributed by atoms with Gasteiger partial charge in [0.15, 0.2) is 5.82 Å². The maximum Gasteiger partial charge on any atom is 0.228 e. The first-order valence-electron chi connectivity index (χ1n) is 8.70. The minimum atomic E-state index is 0.235. The van der Waals surface area contributed by atoms with Crippen molar-refractivity contribution in [3.05, 3.63) is 52.1 Å². The molecule has 1 unspecified atom stereocenters. The molecule has 1 aliphatic rings. The predicted octanol–water partition coefficient (Wildman–Crippen LogP) is 3.42. The average molecular weight is 367 g/mol. The van der Waals surface area contributed by atoms with Crippen LogP contribution >= 0.6 is 11.3 Å². The molecule has 3 aromatic heterocycles. The Kier molecular flexibility index (Phi) is 4.85. The van der Waals surface area contributed by atoms with Crippen LogP contribution in [0.15, 0.2) is 30.2 Å². The van der Waals surface area contributed by atoms with Crippen molar-refractivity contribution < 1.29 is 0 Å². The first-order chi connectivity index (χ1) is 12.7. The number of aryl methyl sites for hydroxylation is 2. The van der Waals surface area contributed by atoms with E-state index in [-0.39, 0.29) is 6.04 Å². The molecule has 1 atom stereocenters. The number of thiazole rings is 1. The predicted molar refractivity (Wildman–Crippen MR) is 101 cm³/mol. The highest BCUT2D eigenvalue weighted by atomic mass is 32.1. The van der Waals surface area contributed by atoms with E-state index in [1.165, 1.54) is 4.88 Å². The van der Waals surface area contributed by atoms with Crippen molar-refractivity contribution in [2.45, 2.75) is 39.3 Å². The van der Waals surface area contributed by atoms with E-state index >= 15 is 0 Å². The third kappa shape index (κ3) is 3.71. The second kappa shape index (κ2) is 7.43. The SMILES string of the molecule is Cc1cc(C)nc(Nc2nccnc2C2CCCN2Cc2cncs2)n1. The van der Waals surface area contributed by atoms with Crippen molar-refractivity contribution in [3.63, 3.8) is 0 Å². The molecule has 0 radical (unpaired) electrons. The summed E-state index contributed by atoms with van der Waals surface area (Å²) in [6, 6.07) is 2.19. The molecule has 0 aromatic carbocycles. The normalized spacial score (nSPS) is 17.5. The average Bonchev–Trinajstić information content (AvgIpc) is 3.27. The molecular weight excluding hydrogens is 346 g/mol. The maximum absolute atomic E-state index is 4.65. The monoisotopic (exact) mass is 367 g/mol. The number of nitrogens with zero attached hydrogens (tertiary/aromatic N) is 6. The van der Waals surface area contributed by atoms with Crippen molar-refractivity contribution in [3.8, 4) is 0 Å². The number of aromatic nitrogens is 5. The van der Waals surface area contributed by atoms with Gasteiger partial charge < -0.3 is 5.32 Å². The van der Waals surface area contributed by atoms with E-state index in [9.17, 15) is 0 Å². The Morgan fingerprint density at radius 3 is 2.77 bits per heavy atom. The van der Waals surface area contributed by atoms with Crippen LogP contribution in [0.4, 0.5) is 11.8 Å². The summed E-state index contributed by atoms with van der Waals surface area (Å²) in [5.74, 6) is 1.30. The minimum absolute atomic E-state index is 0.235. The van der Waals surface area contributed by atoms with Crippen molar-refractivity contribution in [2.24, 2.45) is 0 Å². The second-order valence-electron chi connectivity index (χ2n) is 6.49. The largest absolute Gasteiger partial charge is 0.307 e. The summed E-state index contributed by atoms with van der Waals surface area (Å²) in [4.78, 5) is 26.0. The van der Waals surface area contributed by atoms with Crippen molar-refractivity contribution in [1.82, 2.24) is 29.8 Å². The standard InChI is InChI=1S/C18H21N7S/c1-12-8-13(2)23-18(22-12)24-17-16(20-5-6-21-17)15-4-3-7-25(15)10-14-9-19-11-26-14/h5-6,8-9,11,15H,3-4,7,10H2,1-2H3,(H,21,22,23,24). The molecule has 3 aromatic rings. The molecule has 1 N–H and O–H groups in total. The van der Waals surface area contributed by atoms with E-state index in [0.29, 0.717) is 5.95 Å². The molecule has 26 heavy (non-hydrogen) atoms. The molecule has 0 saturated carbocycles. The van der Waals surface area contributed by atoms with Gasteiger partial charge in [0.1, 0.15) is 5.69 Å². The van der Waals surface area contributed by atoms with Crippen molar-refractivity contribution in [1.29, 1.82) is 0 Å². The van der Waals surface area contributed by atoms with E-state index in [2.05, 4.69) is 35.1 Å². The van der Waals surface area contributed by atoms with Gasteiger partial charge in [0, 0.05) is 41.4 Å². The lowest BCUT2D eigenvalue weighted by atomic mass is 10.1. The van der Waals surface area contributed by atoms with Crippen LogP contribution in [0.1, 0.15) is 40.8 Å². The summed E-state index contributed by atoms with van der Waals surface area (Å²) in [7, 11) is 0. The molecule has 4 rings (SSSR count). The van der Waals surface area contributed by atoms with Crippen LogP contribution in [0.2, 0.25) is 0 Å². The summed E-state index contributed by atoms with van der Waals surface area (Å²) in [6.45, 7) is 5.88. The Balaban J connectivity index is 1.60.